The molecule has 152 valence electrons. The van der Waals surface area contributed by atoms with Crippen molar-refractivity contribution in [3.05, 3.63) is 70.4 Å². The Hall–Kier alpha value is -3.76. The highest BCUT2D eigenvalue weighted by molar-refractivity contribution is 5.89. The molecule has 0 aliphatic carbocycles. The van der Waals surface area contributed by atoms with Crippen LogP contribution < -0.4 is 15.2 Å². The number of nitriles is 1. The molecule has 2 aromatic carbocycles. The average Bonchev–Trinajstić information content (AvgIpc) is 3.09. The smallest absolute Gasteiger partial charge is 0.226 e. The number of phenolic OH excluding ortho intramolecular Hbond substituents is 1. The lowest BCUT2D eigenvalue weighted by Crippen LogP contribution is -2.33. The number of rotatable bonds is 4. The van der Waals surface area contributed by atoms with Crippen molar-refractivity contribution in [1.29, 1.82) is 5.26 Å². The highest BCUT2D eigenvalue weighted by Gasteiger charge is 2.33. The number of nitrogens with zero attached hydrogens (tertiary/aromatic N) is 3. The van der Waals surface area contributed by atoms with Crippen molar-refractivity contribution in [3.8, 4) is 29.1 Å². The maximum atomic E-state index is 9.98. The molecule has 3 aromatic rings. The summed E-state index contributed by atoms with van der Waals surface area (Å²) >= 11 is 0. The molecular formula is C23H22N4O3. The third kappa shape index (κ3) is 3.08. The summed E-state index contributed by atoms with van der Waals surface area (Å²) in [6, 6.07) is 15.2. The van der Waals surface area contributed by atoms with Gasteiger partial charge in [0.2, 0.25) is 5.88 Å². The number of nitrogens with two attached hydrogens (primary N) is 1. The maximum absolute atomic E-state index is 9.98. The van der Waals surface area contributed by atoms with Gasteiger partial charge in [0.25, 0.3) is 0 Å². The van der Waals surface area contributed by atoms with Gasteiger partial charge in [0.05, 0.1) is 29.6 Å². The van der Waals surface area contributed by atoms with Crippen molar-refractivity contribution in [2.24, 2.45) is 5.73 Å². The van der Waals surface area contributed by atoms with E-state index < -0.39 is 6.23 Å². The number of fused-ring (bicyclic) bond motifs is 1. The molecule has 3 N–H and O–H groups in total. The van der Waals surface area contributed by atoms with Crippen molar-refractivity contribution < 1.29 is 14.6 Å². The number of ether oxygens (including phenoxy) is 2. The molecule has 1 aliphatic heterocycles. The van der Waals surface area contributed by atoms with Gasteiger partial charge in [0.1, 0.15) is 6.07 Å². The van der Waals surface area contributed by atoms with Crippen molar-refractivity contribution in [1.82, 2.24) is 9.78 Å². The molecule has 0 bridgehead atoms. The molecule has 0 radical (unpaired) electrons. The molecule has 0 saturated carbocycles. The normalized spacial score (nSPS) is 15.4. The van der Waals surface area contributed by atoms with E-state index in [1.54, 1.807) is 16.8 Å². The number of aryl methyl sites for hydroxylation is 2. The summed E-state index contributed by atoms with van der Waals surface area (Å²) < 4.78 is 12.9. The lowest BCUT2D eigenvalue weighted by Gasteiger charge is -2.25. The summed E-state index contributed by atoms with van der Waals surface area (Å²) in [6.45, 7) is 3.96. The molecule has 0 fully saturated rings. The summed E-state index contributed by atoms with van der Waals surface area (Å²) in [7, 11) is 1.48. The number of benzene rings is 2. The lowest BCUT2D eigenvalue weighted by atomic mass is 9.91. The van der Waals surface area contributed by atoms with E-state index in [4.69, 9.17) is 15.2 Å². The number of methoxy groups -OCH3 is 1. The second kappa shape index (κ2) is 7.58. The number of aromatic hydroxyl groups is 1. The molecule has 7 nitrogen and oxygen atoms in total. The number of hydrogen-bond donors (Lipinski definition) is 2. The van der Waals surface area contributed by atoms with E-state index in [9.17, 15) is 10.4 Å². The van der Waals surface area contributed by atoms with Crippen LogP contribution in [0.2, 0.25) is 0 Å². The van der Waals surface area contributed by atoms with Crippen LogP contribution in [0.15, 0.2) is 48.0 Å². The van der Waals surface area contributed by atoms with Crippen LogP contribution >= 0.6 is 0 Å². The predicted molar refractivity (Wildman–Crippen MR) is 113 cm³/mol. The summed E-state index contributed by atoms with van der Waals surface area (Å²) in [5, 5.41) is 24.4. The molecule has 4 rings (SSSR count). The van der Waals surface area contributed by atoms with Gasteiger partial charge in [0, 0.05) is 5.57 Å². The van der Waals surface area contributed by atoms with Crippen molar-refractivity contribution >= 4 is 5.57 Å². The zero-order valence-electron chi connectivity index (χ0n) is 17.0. The summed E-state index contributed by atoms with van der Waals surface area (Å²) in [5.41, 5.74) is 11.3. The Morgan fingerprint density at radius 2 is 2.00 bits per heavy atom. The highest BCUT2D eigenvalue weighted by Crippen LogP contribution is 2.43. The Morgan fingerprint density at radius 3 is 2.63 bits per heavy atom. The monoisotopic (exact) mass is 402 g/mol. The van der Waals surface area contributed by atoms with Crippen molar-refractivity contribution in [3.63, 3.8) is 0 Å². The minimum Gasteiger partial charge on any atom is -0.504 e. The van der Waals surface area contributed by atoms with Gasteiger partial charge >= 0.3 is 0 Å². The largest absolute Gasteiger partial charge is 0.504 e. The SMILES string of the molecule is CCc1ccc(-n2nc(C)c3c2OC(N)C(C#N)=C3c2ccc(O)c(OC)c2)cc1. The van der Waals surface area contributed by atoms with Gasteiger partial charge in [-0.25, -0.2) is 4.68 Å². The van der Waals surface area contributed by atoms with Crippen molar-refractivity contribution in [2.75, 3.05) is 7.11 Å². The summed E-state index contributed by atoms with van der Waals surface area (Å²) in [5.74, 6) is 0.796. The van der Waals surface area contributed by atoms with Gasteiger partial charge in [-0.2, -0.15) is 10.4 Å². The highest BCUT2D eigenvalue weighted by atomic mass is 16.5. The number of aromatic nitrogens is 2. The molecule has 0 spiro atoms. The van der Waals surface area contributed by atoms with E-state index in [0.29, 0.717) is 39.6 Å². The Balaban J connectivity index is 1.94. The van der Waals surface area contributed by atoms with E-state index in [1.165, 1.54) is 18.7 Å². The molecular weight excluding hydrogens is 380 g/mol. The Labute approximate surface area is 174 Å². The minimum atomic E-state index is -0.943. The van der Waals surface area contributed by atoms with Crippen LogP contribution in [-0.4, -0.2) is 28.2 Å². The standard InChI is InChI=1S/C23H22N4O3/c1-4-14-5-8-16(9-6-14)27-23-20(13(2)26-27)21(17(12-24)22(25)30-23)15-7-10-18(28)19(11-15)29-3/h5-11,22,28H,4,25H2,1-3H3. The maximum Gasteiger partial charge on any atom is 0.226 e. The van der Waals surface area contributed by atoms with Gasteiger partial charge in [-0.15, -0.1) is 0 Å². The predicted octanol–water partition coefficient (Wildman–Crippen LogP) is 3.46. The van der Waals surface area contributed by atoms with Crippen LogP contribution in [0, 0.1) is 18.3 Å². The fourth-order valence-corrected chi connectivity index (χ4v) is 3.66. The second-order valence-electron chi connectivity index (χ2n) is 7.02. The van der Waals surface area contributed by atoms with Crippen molar-refractivity contribution in [2.45, 2.75) is 26.5 Å². The zero-order chi connectivity index (χ0) is 21.4. The average molecular weight is 402 g/mol. The topological polar surface area (TPSA) is 106 Å². The first-order valence-corrected chi connectivity index (χ1v) is 9.61. The molecule has 1 aliphatic rings. The van der Waals surface area contributed by atoms with E-state index >= 15 is 0 Å². The quantitative estimate of drug-likeness (QED) is 0.692. The fraction of sp³-hybridized carbons (Fsp3) is 0.217. The Kier molecular flexibility index (Phi) is 4.94. The van der Waals surface area contributed by atoms with Gasteiger partial charge in [0.15, 0.2) is 17.7 Å². The second-order valence-corrected chi connectivity index (χ2v) is 7.02. The Bertz CT molecular complexity index is 1190. The van der Waals surface area contributed by atoms with Crippen LogP contribution in [0.5, 0.6) is 17.4 Å². The van der Waals surface area contributed by atoms with E-state index in [-0.39, 0.29) is 5.75 Å². The van der Waals surface area contributed by atoms with Crippen LogP contribution in [0.4, 0.5) is 0 Å². The zero-order valence-corrected chi connectivity index (χ0v) is 17.0. The first-order chi connectivity index (χ1) is 14.5. The molecule has 0 saturated heterocycles. The molecule has 1 atom stereocenters. The summed E-state index contributed by atoms with van der Waals surface area (Å²) in [6.07, 6.45) is 0.000915. The fourth-order valence-electron chi connectivity index (χ4n) is 3.66. The Morgan fingerprint density at radius 1 is 1.27 bits per heavy atom. The van der Waals surface area contributed by atoms with Crippen LogP contribution in [0.3, 0.4) is 0 Å². The molecule has 7 heteroatoms. The molecule has 1 aromatic heterocycles. The molecule has 0 amide bonds. The van der Waals surface area contributed by atoms with Crippen LogP contribution in [0.1, 0.15) is 29.3 Å². The molecule has 1 unspecified atom stereocenters. The van der Waals surface area contributed by atoms with Crippen LogP contribution in [0.25, 0.3) is 11.3 Å². The molecule has 30 heavy (non-hydrogen) atoms. The van der Waals surface area contributed by atoms with Gasteiger partial charge in [-0.1, -0.05) is 25.1 Å². The summed E-state index contributed by atoms with van der Waals surface area (Å²) in [4.78, 5) is 0. The van der Waals surface area contributed by atoms with E-state index in [1.807, 2.05) is 31.2 Å². The minimum absolute atomic E-state index is 0.0142. The first kappa shape index (κ1) is 19.6. The van der Waals surface area contributed by atoms with Gasteiger partial charge < -0.3 is 14.6 Å². The first-order valence-electron chi connectivity index (χ1n) is 9.61. The van der Waals surface area contributed by atoms with E-state index in [2.05, 4.69) is 18.1 Å². The number of phenols is 1. The van der Waals surface area contributed by atoms with Gasteiger partial charge in [-0.3, -0.25) is 5.73 Å². The van der Waals surface area contributed by atoms with Gasteiger partial charge in [-0.05, 0) is 48.7 Å². The van der Waals surface area contributed by atoms with E-state index in [0.717, 1.165) is 12.1 Å². The number of hydrogen-bond acceptors (Lipinski definition) is 6. The van der Waals surface area contributed by atoms with Crippen LogP contribution in [-0.2, 0) is 6.42 Å². The third-order valence-electron chi connectivity index (χ3n) is 5.24. The third-order valence-corrected chi connectivity index (χ3v) is 5.24. The molecule has 2 heterocycles. The lowest BCUT2D eigenvalue weighted by molar-refractivity contribution is 0.228.